The molecule has 0 amide bonds. The van der Waals surface area contributed by atoms with E-state index in [9.17, 15) is 0 Å². The van der Waals surface area contributed by atoms with Crippen LogP contribution in [0, 0.1) is 0 Å². The third kappa shape index (κ3) is 4.48. The van der Waals surface area contributed by atoms with Gasteiger partial charge >= 0.3 is 0 Å². The number of nitrogens with zero attached hydrogens (tertiary/aromatic N) is 2. The zero-order chi connectivity index (χ0) is 10.2. The van der Waals surface area contributed by atoms with E-state index in [0.29, 0.717) is 0 Å². The SMILES string of the molecule is C=CCSCCNCc1cnn(C)c1. The Morgan fingerprint density at radius 1 is 1.71 bits per heavy atom. The second-order valence-corrected chi connectivity index (χ2v) is 4.21. The molecule has 0 unspecified atom stereocenters. The van der Waals surface area contributed by atoms with E-state index in [1.807, 2.05) is 42.0 Å². The number of hydrogen-bond donors (Lipinski definition) is 1. The van der Waals surface area contributed by atoms with E-state index in [1.54, 1.807) is 0 Å². The zero-order valence-corrected chi connectivity index (χ0v) is 9.39. The molecule has 0 aromatic carbocycles. The summed E-state index contributed by atoms with van der Waals surface area (Å²) >= 11 is 1.89. The largest absolute Gasteiger partial charge is 0.312 e. The number of nitrogens with one attached hydrogen (secondary N) is 1. The quantitative estimate of drug-likeness (QED) is 0.546. The first-order valence-electron chi connectivity index (χ1n) is 4.70. The average molecular weight is 211 g/mol. The van der Waals surface area contributed by atoms with E-state index in [-0.39, 0.29) is 0 Å². The van der Waals surface area contributed by atoms with Crippen molar-refractivity contribution < 1.29 is 0 Å². The van der Waals surface area contributed by atoms with Gasteiger partial charge in [0.15, 0.2) is 0 Å². The molecule has 1 aromatic rings. The summed E-state index contributed by atoms with van der Waals surface area (Å²) in [6, 6.07) is 0. The monoisotopic (exact) mass is 211 g/mol. The summed E-state index contributed by atoms with van der Waals surface area (Å²) in [6.45, 7) is 5.62. The van der Waals surface area contributed by atoms with E-state index >= 15 is 0 Å². The Bertz CT molecular complexity index is 270. The summed E-state index contributed by atoms with van der Waals surface area (Å²) in [7, 11) is 1.93. The summed E-state index contributed by atoms with van der Waals surface area (Å²) in [4.78, 5) is 0. The summed E-state index contributed by atoms with van der Waals surface area (Å²) in [6.07, 6.45) is 5.86. The second-order valence-electron chi connectivity index (χ2n) is 3.06. The lowest BCUT2D eigenvalue weighted by Crippen LogP contribution is -2.16. The molecular weight excluding hydrogens is 194 g/mol. The second kappa shape index (κ2) is 6.68. The Balaban J connectivity index is 2.01. The number of aryl methyl sites for hydroxylation is 1. The molecule has 0 saturated carbocycles. The minimum atomic E-state index is 0.905. The summed E-state index contributed by atoms with van der Waals surface area (Å²) in [5.41, 5.74) is 1.24. The van der Waals surface area contributed by atoms with Gasteiger partial charge in [-0.1, -0.05) is 6.08 Å². The van der Waals surface area contributed by atoms with E-state index in [2.05, 4.69) is 17.0 Å². The fourth-order valence-corrected chi connectivity index (χ4v) is 1.73. The molecule has 3 nitrogen and oxygen atoms in total. The molecule has 1 heterocycles. The number of hydrogen-bond acceptors (Lipinski definition) is 3. The molecule has 1 N–H and O–H groups in total. The Labute approximate surface area is 89.6 Å². The fourth-order valence-electron chi connectivity index (χ4n) is 1.11. The smallest absolute Gasteiger partial charge is 0.0534 e. The van der Waals surface area contributed by atoms with Crippen LogP contribution in [0.25, 0.3) is 0 Å². The topological polar surface area (TPSA) is 29.9 Å². The Morgan fingerprint density at radius 3 is 3.21 bits per heavy atom. The van der Waals surface area contributed by atoms with Crippen LogP contribution in [-0.4, -0.2) is 27.8 Å². The fraction of sp³-hybridized carbons (Fsp3) is 0.500. The molecule has 0 aliphatic carbocycles. The van der Waals surface area contributed by atoms with Gasteiger partial charge in [-0.15, -0.1) is 6.58 Å². The molecule has 14 heavy (non-hydrogen) atoms. The van der Waals surface area contributed by atoms with Crippen LogP contribution >= 0.6 is 11.8 Å². The molecule has 0 spiro atoms. The molecule has 4 heteroatoms. The van der Waals surface area contributed by atoms with Crippen molar-refractivity contribution in [1.29, 1.82) is 0 Å². The molecule has 1 aromatic heterocycles. The number of rotatable bonds is 7. The lowest BCUT2D eigenvalue weighted by molar-refractivity contribution is 0.728. The van der Waals surface area contributed by atoms with Gasteiger partial charge in [0, 0.05) is 43.4 Å². The Morgan fingerprint density at radius 2 is 2.57 bits per heavy atom. The highest BCUT2D eigenvalue weighted by Crippen LogP contribution is 1.98. The number of thioether (sulfide) groups is 1. The van der Waals surface area contributed by atoms with Crippen molar-refractivity contribution in [2.75, 3.05) is 18.1 Å². The standard InChI is InChI=1S/C10H17N3S/c1-3-5-14-6-4-11-7-10-8-12-13(2)9-10/h3,8-9,11H,1,4-7H2,2H3. The van der Waals surface area contributed by atoms with Gasteiger partial charge in [0.1, 0.15) is 0 Å². The molecular formula is C10H17N3S. The van der Waals surface area contributed by atoms with Crippen LogP contribution < -0.4 is 5.32 Å². The lowest BCUT2D eigenvalue weighted by atomic mass is 10.3. The molecule has 0 atom stereocenters. The highest BCUT2D eigenvalue weighted by molar-refractivity contribution is 7.99. The number of aromatic nitrogens is 2. The van der Waals surface area contributed by atoms with Gasteiger partial charge in [0.2, 0.25) is 0 Å². The molecule has 0 saturated heterocycles. The van der Waals surface area contributed by atoms with Crippen molar-refractivity contribution in [3.05, 3.63) is 30.6 Å². The van der Waals surface area contributed by atoms with Gasteiger partial charge in [-0.2, -0.15) is 16.9 Å². The van der Waals surface area contributed by atoms with Crippen LogP contribution in [0.5, 0.6) is 0 Å². The Kier molecular flexibility index (Phi) is 5.40. The molecule has 0 aliphatic heterocycles. The van der Waals surface area contributed by atoms with Gasteiger partial charge in [-0.3, -0.25) is 4.68 Å². The van der Waals surface area contributed by atoms with Crippen LogP contribution in [-0.2, 0) is 13.6 Å². The van der Waals surface area contributed by atoms with Crippen LogP contribution in [0.4, 0.5) is 0 Å². The predicted molar refractivity (Wildman–Crippen MR) is 62.4 cm³/mol. The van der Waals surface area contributed by atoms with E-state index < -0.39 is 0 Å². The van der Waals surface area contributed by atoms with Gasteiger partial charge < -0.3 is 5.32 Å². The van der Waals surface area contributed by atoms with E-state index in [0.717, 1.165) is 24.6 Å². The van der Waals surface area contributed by atoms with Crippen molar-refractivity contribution in [2.24, 2.45) is 7.05 Å². The molecule has 78 valence electrons. The predicted octanol–water partition coefficient (Wildman–Crippen LogP) is 1.43. The third-order valence-corrected chi connectivity index (χ3v) is 2.71. The molecule has 0 bridgehead atoms. The van der Waals surface area contributed by atoms with Crippen molar-refractivity contribution in [3.8, 4) is 0 Å². The van der Waals surface area contributed by atoms with Crippen molar-refractivity contribution in [1.82, 2.24) is 15.1 Å². The van der Waals surface area contributed by atoms with E-state index in [1.165, 1.54) is 5.56 Å². The van der Waals surface area contributed by atoms with Crippen LogP contribution in [0.15, 0.2) is 25.0 Å². The lowest BCUT2D eigenvalue weighted by Gasteiger charge is -2.01. The molecule has 0 aliphatic rings. The van der Waals surface area contributed by atoms with Crippen LogP contribution in [0.3, 0.4) is 0 Å². The highest BCUT2D eigenvalue weighted by Gasteiger charge is 1.94. The maximum atomic E-state index is 4.10. The highest BCUT2D eigenvalue weighted by atomic mass is 32.2. The van der Waals surface area contributed by atoms with Crippen molar-refractivity contribution >= 4 is 11.8 Å². The summed E-state index contributed by atoms with van der Waals surface area (Å²) in [5.74, 6) is 2.17. The van der Waals surface area contributed by atoms with Crippen LogP contribution in [0.1, 0.15) is 5.56 Å². The van der Waals surface area contributed by atoms with Gasteiger partial charge in [-0.05, 0) is 0 Å². The Hall–Kier alpha value is -0.740. The normalized spacial score (nSPS) is 10.4. The summed E-state index contributed by atoms with van der Waals surface area (Å²) < 4.78 is 1.82. The summed E-state index contributed by atoms with van der Waals surface area (Å²) in [5, 5.41) is 7.47. The molecule has 0 radical (unpaired) electrons. The minimum absolute atomic E-state index is 0.905. The average Bonchev–Trinajstić information content (AvgIpc) is 2.58. The maximum Gasteiger partial charge on any atom is 0.0534 e. The van der Waals surface area contributed by atoms with Crippen molar-refractivity contribution in [3.63, 3.8) is 0 Å². The van der Waals surface area contributed by atoms with Gasteiger partial charge in [0.25, 0.3) is 0 Å². The van der Waals surface area contributed by atoms with Crippen LogP contribution in [0.2, 0.25) is 0 Å². The first-order valence-corrected chi connectivity index (χ1v) is 5.85. The van der Waals surface area contributed by atoms with Gasteiger partial charge in [0.05, 0.1) is 6.20 Å². The van der Waals surface area contributed by atoms with Gasteiger partial charge in [-0.25, -0.2) is 0 Å². The van der Waals surface area contributed by atoms with E-state index in [4.69, 9.17) is 0 Å². The zero-order valence-electron chi connectivity index (χ0n) is 8.57. The maximum absolute atomic E-state index is 4.10. The first-order chi connectivity index (χ1) is 6.83. The minimum Gasteiger partial charge on any atom is -0.312 e. The molecule has 1 rings (SSSR count). The first kappa shape index (κ1) is 11.3. The molecule has 0 fully saturated rings. The van der Waals surface area contributed by atoms with Crippen molar-refractivity contribution in [2.45, 2.75) is 6.54 Å². The third-order valence-electron chi connectivity index (χ3n) is 1.75.